The van der Waals surface area contributed by atoms with E-state index in [9.17, 15) is 18.8 Å². The van der Waals surface area contributed by atoms with E-state index in [2.05, 4.69) is 28.3 Å². The molecule has 9 heteroatoms. The molecule has 0 bridgehead atoms. The standard InChI is InChI=1S/C31H28FN5O3/c1-17-25(32)8-9-26(33-17)24-16-37(35-29(24)20-5-6-20)22-13-19(14-22)3-2-18-4-7-23-21(12-18)15-36(31(23)40)27-10-11-28(38)34-30(27)39/h4,7-9,12,16,19-20,22,27H,5-6,10-11,13-15H2,1H3,(H,34,38,39)/t19-,22-,27?. The largest absolute Gasteiger partial charge is 0.322 e. The van der Waals surface area contributed by atoms with E-state index in [1.807, 2.05) is 16.8 Å². The second-order valence-electron chi connectivity index (χ2n) is 11.3. The van der Waals surface area contributed by atoms with Crippen molar-refractivity contribution in [3.05, 3.63) is 70.4 Å². The van der Waals surface area contributed by atoms with Gasteiger partial charge >= 0.3 is 0 Å². The Kier molecular flexibility index (Phi) is 5.81. The zero-order valence-corrected chi connectivity index (χ0v) is 22.1. The summed E-state index contributed by atoms with van der Waals surface area (Å²) in [5.74, 6) is 6.18. The van der Waals surface area contributed by atoms with E-state index < -0.39 is 11.9 Å². The lowest BCUT2D eigenvalue weighted by molar-refractivity contribution is -0.136. The van der Waals surface area contributed by atoms with Gasteiger partial charge in [-0.05, 0) is 74.9 Å². The molecular weight excluding hydrogens is 509 g/mol. The Morgan fingerprint density at radius 3 is 2.62 bits per heavy atom. The summed E-state index contributed by atoms with van der Waals surface area (Å²) in [6.45, 7) is 2.03. The molecule has 2 aromatic heterocycles. The third-order valence-corrected chi connectivity index (χ3v) is 8.45. The monoisotopic (exact) mass is 537 g/mol. The van der Waals surface area contributed by atoms with Crippen LogP contribution in [-0.2, 0) is 16.1 Å². The molecule has 40 heavy (non-hydrogen) atoms. The minimum Gasteiger partial charge on any atom is -0.322 e. The highest BCUT2D eigenvalue weighted by molar-refractivity contribution is 6.05. The predicted octanol–water partition coefficient (Wildman–Crippen LogP) is 4.03. The summed E-state index contributed by atoms with van der Waals surface area (Å²) in [7, 11) is 0. The topological polar surface area (TPSA) is 97.2 Å². The van der Waals surface area contributed by atoms with Crippen molar-refractivity contribution in [3.8, 4) is 23.1 Å². The first-order valence-electron chi connectivity index (χ1n) is 13.9. The van der Waals surface area contributed by atoms with Crippen molar-refractivity contribution in [2.24, 2.45) is 5.92 Å². The highest BCUT2D eigenvalue weighted by atomic mass is 19.1. The molecule has 1 N–H and O–H groups in total. The minimum atomic E-state index is -0.620. The zero-order chi connectivity index (χ0) is 27.5. The maximum absolute atomic E-state index is 13.8. The van der Waals surface area contributed by atoms with E-state index in [4.69, 9.17) is 5.10 Å². The van der Waals surface area contributed by atoms with Crippen molar-refractivity contribution in [1.82, 2.24) is 25.0 Å². The molecule has 2 aliphatic carbocycles. The first kappa shape index (κ1) is 24.7. The van der Waals surface area contributed by atoms with Crippen LogP contribution in [0.25, 0.3) is 11.3 Å². The molecule has 4 aliphatic rings. The molecule has 1 saturated heterocycles. The summed E-state index contributed by atoms with van der Waals surface area (Å²) in [6, 6.07) is 8.43. The van der Waals surface area contributed by atoms with Crippen molar-refractivity contribution in [2.45, 2.75) is 70.0 Å². The minimum absolute atomic E-state index is 0.180. The van der Waals surface area contributed by atoms with Crippen molar-refractivity contribution in [2.75, 3.05) is 0 Å². The maximum Gasteiger partial charge on any atom is 0.255 e. The third kappa shape index (κ3) is 4.37. The van der Waals surface area contributed by atoms with Crippen LogP contribution in [0.2, 0.25) is 0 Å². The summed E-state index contributed by atoms with van der Waals surface area (Å²) >= 11 is 0. The molecule has 202 valence electrons. The fourth-order valence-electron chi connectivity index (χ4n) is 5.90. The highest BCUT2D eigenvalue weighted by Crippen LogP contribution is 2.45. The van der Waals surface area contributed by atoms with Gasteiger partial charge in [-0.2, -0.15) is 5.10 Å². The zero-order valence-electron chi connectivity index (χ0n) is 22.1. The average Bonchev–Trinajstić information content (AvgIpc) is 3.58. The molecule has 3 fully saturated rings. The van der Waals surface area contributed by atoms with Crippen molar-refractivity contribution >= 4 is 17.7 Å². The molecule has 8 nitrogen and oxygen atoms in total. The quantitative estimate of drug-likeness (QED) is 0.400. The fraction of sp³-hybridized carbons (Fsp3) is 0.387. The van der Waals surface area contributed by atoms with E-state index in [1.54, 1.807) is 24.0 Å². The number of imide groups is 1. The van der Waals surface area contributed by atoms with Gasteiger partial charge in [0.2, 0.25) is 11.8 Å². The van der Waals surface area contributed by atoms with Gasteiger partial charge in [0, 0.05) is 47.7 Å². The van der Waals surface area contributed by atoms with Crippen molar-refractivity contribution in [1.29, 1.82) is 0 Å². The number of halogens is 1. The smallest absolute Gasteiger partial charge is 0.255 e. The number of hydrogen-bond donors (Lipinski definition) is 1. The SMILES string of the molecule is Cc1nc(-c2cn([C@H]3C[C@H](C#Cc4ccc5c(c4)CN(C4CCC(=O)NC4=O)C5=O)C3)nc2C2CC2)ccc1F. The summed E-state index contributed by atoms with van der Waals surface area (Å²) in [6.07, 6.45) is 6.70. The molecular formula is C31H28FN5O3. The lowest BCUT2D eigenvalue weighted by Gasteiger charge is -2.32. The number of carbonyl (C=O) groups is 3. The number of piperidine rings is 1. The van der Waals surface area contributed by atoms with Gasteiger partial charge in [0.25, 0.3) is 5.91 Å². The van der Waals surface area contributed by atoms with Crippen LogP contribution in [0, 0.1) is 30.5 Å². The third-order valence-electron chi connectivity index (χ3n) is 8.45. The summed E-state index contributed by atoms with van der Waals surface area (Å²) in [5, 5.41) is 7.26. The van der Waals surface area contributed by atoms with Crippen LogP contribution < -0.4 is 5.32 Å². The van der Waals surface area contributed by atoms with Crippen molar-refractivity contribution in [3.63, 3.8) is 0 Å². The molecule has 1 aromatic carbocycles. The second kappa shape index (κ2) is 9.40. The van der Waals surface area contributed by atoms with Gasteiger partial charge in [-0.1, -0.05) is 11.8 Å². The van der Waals surface area contributed by atoms with Crippen LogP contribution >= 0.6 is 0 Å². The average molecular weight is 538 g/mol. The second-order valence-corrected chi connectivity index (χ2v) is 11.3. The van der Waals surface area contributed by atoms with Gasteiger partial charge < -0.3 is 4.90 Å². The number of benzene rings is 1. The number of hydrogen-bond acceptors (Lipinski definition) is 5. The van der Waals surface area contributed by atoms with E-state index in [0.717, 1.165) is 53.8 Å². The van der Waals surface area contributed by atoms with Gasteiger partial charge in [-0.25, -0.2) is 9.37 Å². The molecule has 0 radical (unpaired) electrons. The Morgan fingerprint density at radius 1 is 1.05 bits per heavy atom. The molecule has 7 rings (SSSR count). The number of nitrogens with one attached hydrogen (secondary N) is 1. The van der Waals surface area contributed by atoms with Crippen LogP contribution in [0.5, 0.6) is 0 Å². The molecule has 3 amide bonds. The summed E-state index contributed by atoms with van der Waals surface area (Å²) in [5.41, 5.74) is 5.51. The lowest BCUT2D eigenvalue weighted by atomic mass is 9.80. The number of aromatic nitrogens is 3. The molecule has 2 saturated carbocycles. The number of pyridine rings is 1. The Balaban J connectivity index is 1.02. The molecule has 2 aliphatic heterocycles. The van der Waals surface area contributed by atoms with Crippen LogP contribution in [-0.4, -0.2) is 43.4 Å². The highest BCUT2D eigenvalue weighted by Gasteiger charge is 2.39. The maximum atomic E-state index is 13.8. The van der Waals surface area contributed by atoms with Gasteiger partial charge in [-0.3, -0.25) is 24.4 Å². The number of fused-ring (bicyclic) bond motifs is 1. The lowest BCUT2D eigenvalue weighted by Crippen LogP contribution is -2.52. The van der Waals surface area contributed by atoms with E-state index in [-0.39, 0.29) is 36.0 Å². The van der Waals surface area contributed by atoms with Crippen LogP contribution in [0.1, 0.15) is 83.4 Å². The van der Waals surface area contributed by atoms with E-state index in [1.165, 1.54) is 6.07 Å². The molecule has 4 heterocycles. The Hall–Kier alpha value is -4.32. The van der Waals surface area contributed by atoms with Gasteiger partial charge in [0.1, 0.15) is 11.9 Å². The molecule has 0 spiro atoms. The number of aryl methyl sites for hydroxylation is 1. The van der Waals surface area contributed by atoms with Crippen LogP contribution in [0.4, 0.5) is 4.39 Å². The van der Waals surface area contributed by atoms with Gasteiger partial charge in [-0.15, -0.1) is 0 Å². The number of carbonyl (C=O) groups excluding carboxylic acids is 3. The van der Waals surface area contributed by atoms with Crippen LogP contribution in [0.15, 0.2) is 36.5 Å². The number of nitrogens with zero attached hydrogens (tertiary/aromatic N) is 4. The van der Waals surface area contributed by atoms with Gasteiger partial charge in [0.15, 0.2) is 0 Å². The summed E-state index contributed by atoms with van der Waals surface area (Å²) in [4.78, 5) is 42.7. The van der Waals surface area contributed by atoms with Crippen molar-refractivity contribution < 1.29 is 18.8 Å². The molecule has 1 atom stereocenters. The predicted molar refractivity (Wildman–Crippen MR) is 143 cm³/mol. The Bertz CT molecular complexity index is 1640. The molecule has 3 aromatic rings. The first-order valence-corrected chi connectivity index (χ1v) is 13.9. The normalized spacial score (nSPS) is 23.8. The molecule has 1 unspecified atom stereocenters. The Morgan fingerprint density at radius 2 is 1.88 bits per heavy atom. The number of rotatable bonds is 4. The Labute approximate surface area is 231 Å². The van der Waals surface area contributed by atoms with E-state index in [0.29, 0.717) is 30.1 Å². The fourth-order valence-corrected chi connectivity index (χ4v) is 5.90. The van der Waals surface area contributed by atoms with E-state index >= 15 is 0 Å². The first-order chi connectivity index (χ1) is 19.3. The summed E-state index contributed by atoms with van der Waals surface area (Å²) < 4.78 is 15.8. The van der Waals surface area contributed by atoms with Crippen LogP contribution in [0.3, 0.4) is 0 Å². The van der Waals surface area contributed by atoms with Gasteiger partial charge in [0.05, 0.1) is 23.1 Å². The number of amides is 3.